The molecule has 0 aliphatic carbocycles. The molecular weight excluding hydrogens is 553 g/mol. The van der Waals surface area contributed by atoms with Crippen molar-refractivity contribution in [2.24, 2.45) is 0 Å². The summed E-state index contributed by atoms with van der Waals surface area (Å²) >= 11 is 0. The first-order valence-electron chi connectivity index (χ1n) is 11.0. The van der Waals surface area contributed by atoms with Gasteiger partial charge >= 0.3 is 33.4 Å². The molecule has 2 rings (SSSR count). The van der Waals surface area contributed by atoms with E-state index in [1.54, 1.807) is 47.6 Å². The summed E-state index contributed by atoms with van der Waals surface area (Å²) in [4.78, 5) is 4.11. The number of aromatic nitrogens is 1. The first-order chi connectivity index (χ1) is 16.7. The maximum absolute atomic E-state index is 14.5. The predicted octanol–water partition coefficient (Wildman–Crippen LogP) is 7.79. The quantitative estimate of drug-likeness (QED) is 0.259. The van der Waals surface area contributed by atoms with Crippen molar-refractivity contribution < 1.29 is 52.1 Å². The Balaban J connectivity index is 2.95. The minimum Gasteiger partial charge on any atom is -0.377 e. The number of halogens is 9. The molecule has 0 fully saturated rings. The molecule has 214 valence electrons. The molecule has 0 radical (unpaired) electrons. The Morgan fingerprint density at radius 3 is 1.74 bits per heavy atom. The van der Waals surface area contributed by atoms with Gasteiger partial charge in [-0.25, -0.2) is 0 Å². The van der Waals surface area contributed by atoms with E-state index >= 15 is 0 Å². The highest BCUT2D eigenvalue weighted by atomic mass is 32.2. The van der Waals surface area contributed by atoms with E-state index in [4.69, 9.17) is 0 Å². The first kappa shape index (κ1) is 31.7. The van der Waals surface area contributed by atoms with Crippen LogP contribution in [0.1, 0.15) is 58.2 Å². The molecule has 1 aromatic heterocycles. The van der Waals surface area contributed by atoms with Crippen molar-refractivity contribution in [1.82, 2.24) is 4.98 Å². The molecule has 0 saturated heterocycles. The lowest BCUT2D eigenvalue weighted by Crippen LogP contribution is -2.63. The average Bonchev–Trinajstić information content (AvgIpc) is 2.71. The molecule has 0 unspecified atom stereocenters. The van der Waals surface area contributed by atoms with Crippen LogP contribution in [-0.2, 0) is 20.9 Å². The van der Waals surface area contributed by atoms with Crippen LogP contribution in [0, 0.1) is 6.92 Å². The molecule has 0 N–H and O–H groups in total. The minimum atomic E-state index is -7.42. The van der Waals surface area contributed by atoms with Crippen molar-refractivity contribution in [2.75, 3.05) is 0 Å². The third kappa shape index (κ3) is 5.32. The highest BCUT2D eigenvalue weighted by Gasteiger charge is 2.86. The Morgan fingerprint density at radius 2 is 1.32 bits per heavy atom. The maximum Gasteiger partial charge on any atom is 0.460 e. The molecule has 0 saturated carbocycles. The zero-order chi connectivity index (χ0) is 29.9. The van der Waals surface area contributed by atoms with Gasteiger partial charge in [0.2, 0.25) is 0 Å². The topological polar surface area (TPSA) is 56.3 Å². The van der Waals surface area contributed by atoms with Crippen LogP contribution in [0.3, 0.4) is 0 Å². The average molecular weight is 580 g/mol. The number of hydrogen-bond donors (Lipinski definition) is 0. The Hall–Kier alpha value is -2.51. The summed E-state index contributed by atoms with van der Waals surface area (Å²) in [7, 11) is -7.17. The van der Waals surface area contributed by atoms with Crippen LogP contribution in [-0.4, -0.2) is 36.7 Å². The van der Waals surface area contributed by atoms with Crippen molar-refractivity contribution in [2.45, 2.75) is 82.6 Å². The van der Waals surface area contributed by atoms with E-state index in [2.05, 4.69) is 9.17 Å². The van der Waals surface area contributed by atoms with Crippen molar-refractivity contribution in [3.05, 3.63) is 47.2 Å². The molecule has 0 spiro atoms. The van der Waals surface area contributed by atoms with Gasteiger partial charge < -0.3 is 4.18 Å². The second-order valence-electron chi connectivity index (χ2n) is 10.8. The van der Waals surface area contributed by atoms with E-state index in [0.717, 1.165) is 6.07 Å². The Labute approximate surface area is 214 Å². The maximum atomic E-state index is 14.5. The fraction of sp³-hybridized carbons (Fsp3) is 0.542. The molecule has 0 aliphatic heterocycles. The van der Waals surface area contributed by atoms with Gasteiger partial charge in [-0.2, -0.15) is 47.9 Å². The number of benzene rings is 1. The lowest BCUT2D eigenvalue weighted by molar-refractivity contribution is -0.382. The van der Waals surface area contributed by atoms with Gasteiger partial charge in [0, 0.05) is 11.8 Å². The highest BCUT2D eigenvalue weighted by Crippen LogP contribution is 2.55. The molecule has 0 amide bonds. The lowest BCUT2D eigenvalue weighted by atomic mass is 9.77. The van der Waals surface area contributed by atoms with Crippen molar-refractivity contribution >= 4 is 10.1 Å². The second-order valence-corrected chi connectivity index (χ2v) is 12.4. The van der Waals surface area contributed by atoms with Crippen molar-refractivity contribution in [3.63, 3.8) is 0 Å². The molecule has 0 atom stereocenters. The van der Waals surface area contributed by atoms with Crippen LogP contribution in [0.4, 0.5) is 39.5 Å². The van der Waals surface area contributed by atoms with Gasteiger partial charge in [0.05, 0.1) is 5.69 Å². The van der Waals surface area contributed by atoms with Gasteiger partial charge in [-0.15, -0.1) is 0 Å². The van der Waals surface area contributed by atoms with E-state index < -0.39 is 50.0 Å². The normalized spacial score (nSPS) is 14.5. The van der Waals surface area contributed by atoms with Crippen LogP contribution < -0.4 is 4.18 Å². The zero-order valence-corrected chi connectivity index (χ0v) is 22.2. The van der Waals surface area contributed by atoms with Gasteiger partial charge in [-0.1, -0.05) is 53.7 Å². The van der Waals surface area contributed by atoms with E-state index in [0.29, 0.717) is 5.56 Å². The van der Waals surface area contributed by atoms with Crippen molar-refractivity contribution in [3.8, 4) is 17.0 Å². The van der Waals surface area contributed by atoms with Gasteiger partial charge in [-0.3, -0.25) is 4.98 Å². The van der Waals surface area contributed by atoms with E-state index in [-0.39, 0.29) is 22.4 Å². The van der Waals surface area contributed by atoms with Crippen LogP contribution in [0.25, 0.3) is 11.3 Å². The summed E-state index contributed by atoms with van der Waals surface area (Å²) in [6.07, 6.45) is -5.94. The van der Waals surface area contributed by atoms with Crippen LogP contribution in [0.15, 0.2) is 30.5 Å². The monoisotopic (exact) mass is 579 g/mol. The Morgan fingerprint density at radius 1 is 0.789 bits per heavy atom. The van der Waals surface area contributed by atoms with Crippen molar-refractivity contribution in [1.29, 1.82) is 0 Å². The molecule has 0 bridgehead atoms. The Kier molecular flexibility index (Phi) is 7.76. The van der Waals surface area contributed by atoms with Gasteiger partial charge in [0.1, 0.15) is 0 Å². The predicted molar refractivity (Wildman–Crippen MR) is 122 cm³/mol. The number of nitrogens with zero attached hydrogens (tertiary/aromatic N) is 1. The molecule has 1 aromatic carbocycles. The molecule has 0 aliphatic rings. The number of rotatable bonds is 6. The summed E-state index contributed by atoms with van der Waals surface area (Å²) in [5.74, 6) is -15.8. The third-order valence-corrected chi connectivity index (χ3v) is 6.94. The molecule has 38 heavy (non-hydrogen) atoms. The molecular formula is C24H26F9NO3S. The van der Waals surface area contributed by atoms with Crippen LogP contribution in [0.5, 0.6) is 5.75 Å². The number of pyridine rings is 1. The number of alkyl halides is 9. The molecule has 4 nitrogen and oxygen atoms in total. The first-order valence-corrected chi connectivity index (χ1v) is 12.4. The summed E-state index contributed by atoms with van der Waals surface area (Å²) in [5.41, 5.74) is -1.06. The lowest BCUT2D eigenvalue weighted by Gasteiger charge is -2.33. The number of aryl methyl sites for hydroxylation is 1. The van der Waals surface area contributed by atoms with E-state index in [9.17, 15) is 47.9 Å². The summed E-state index contributed by atoms with van der Waals surface area (Å²) in [6, 6.07) is 5.52. The molecule has 14 heteroatoms. The summed E-state index contributed by atoms with van der Waals surface area (Å²) < 4.78 is 151. The van der Waals surface area contributed by atoms with E-state index in [1.807, 2.05) is 0 Å². The summed E-state index contributed by atoms with van der Waals surface area (Å²) in [6.45, 7) is 11.4. The van der Waals surface area contributed by atoms with Crippen LogP contribution >= 0.6 is 0 Å². The minimum absolute atomic E-state index is 0.0150. The fourth-order valence-corrected chi connectivity index (χ4v) is 4.30. The smallest absolute Gasteiger partial charge is 0.377 e. The standard InChI is InChI=1S/C24H26F9NO3S/c1-13-9-8-10-34-18(13)17-15(20(5,6)7)11-14(19(2,3)4)12-16(17)37-38(35,36)24(32,33)22(27,28)21(25,26)23(29,30)31/h8-12H,1-7H3. The van der Waals surface area contributed by atoms with Gasteiger partial charge in [0.15, 0.2) is 5.75 Å². The molecule has 1 heterocycles. The SMILES string of the molecule is Cc1cccnc1-c1c(OS(=O)(=O)C(F)(F)C(F)(F)C(F)(F)C(F)(F)F)cc(C(C)(C)C)cc1C(C)(C)C. The van der Waals surface area contributed by atoms with Gasteiger partial charge in [0.25, 0.3) is 0 Å². The van der Waals surface area contributed by atoms with Crippen LogP contribution in [0.2, 0.25) is 0 Å². The largest absolute Gasteiger partial charge is 0.460 e. The third-order valence-electron chi connectivity index (χ3n) is 5.65. The molecule has 2 aromatic rings. The highest BCUT2D eigenvalue weighted by molar-refractivity contribution is 7.88. The van der Waals surface area contributed by atoms with E-state index in [1.165, 1.54) is 25.3 Å². The van der Waals surface area contributed by atoms with Gasteiger partial charge in [-0.05, 0) is 46.6 Å². The number of hydrogen-bond acceptors (Lipinski definition) is 4. The second kappa shape index (κ2) is 9.30. The fourth-order valence-electron chi connectivity index (χ4n) is 3.39. The summed E-state index contributed by atoms with van der Waals surface area (Å²) in [5, 5.41) is -7.00. The zero-order valence-electron chi connectivity index (χ0n) is 21.4. The Bertz CT molecular complexity index is 1310.